The molecule has 1 fully saturated rings. The van der Waals surface area contributed by atoms with Gasteiger partial charge in [0.1, 0.15) is 18.4 Å². The minimum atomic E-state index is -1.23. The predicted octanol–water partition coefficient (Wildman–Crippen LogP) is -0.174. The number of rotatable bonds is 8. The Hall–Kier alpha value is -3.74. The van der Waals surface area contributed by atoms with Gasteiger partial charge in [-0.15, -0.1) is 0 Å². The molecule has 0 radical (unpaired) electrons. The number of nitrogens with one attached hydrogen (secondary N) is 2. The van der Waals surface area contributed by atoms with Gasteiger partial charge in [-0.3, -0.25) is 19.2 Å². The number of nitriles is 1. The fourth-order valence-corrected chi connectivity index (χ4v) is 3.22. The van der Waals surface area contributed by atoms with Gasteiger partial charge in [-0.25, -0.2) is 0 Å². The fourth-order valence-electron chi connectivity index (χ4n) is 3.22. The highest BCUT2D eigenvalue weighted by Gasteiger charge is 2.37. The largest absolute Gasteiger partial charge is 0.481 e. The van der Waals surface area contributed by atoms with Crippen LogP contribution < -0.4 is 10.6 Å². The minimum Gasteiger partial charge on any atom is -0.481 e. The molecule has 1 aromatic carbocycles. The van der Waals surface area contributed by atoms with Crippen molar-refractivity contribution in [1.29, 1.82) is 5.26 Å². The third-order valence-corrected chi connectivity index (χ3v) is 4.70. The zero-order valence-corrected chi connectivity index (χ0v) is 16.3. The number of hydrogen-bond donors (Lipinski definition) is 3. The molecule has 158 valence electrons. The van der Waals surface area contributed by atoms with E-state index in [0.717, 1.165) is 0 Å². The molecule has 10 heteroatoms. The zero-order valence-electron chi connectivity index (χ0n) is 16.3. The topological polar surface area (TPSA) is 157 Å². The third-order valence-electron chi connectivity index (χ3n) is 4.70. The first-order chi connectivity index (χ1) is 14.3. The van der Waals surface area contributed by atoms with Crippen LogP contribution in [-0.2, 0) is 19.2 Å². The summed E-state index contributed by atoms with van der Waals surface area (Å²) in [6, 6.07) is 4.99. The number of carboxylic acids is 1. The summed E-state index contributed by atoms with van der Waals surface area (Å²) in [5.41, 5.74) is 0.538. The molecule has 1 aromatic rings. The highest BCUT2D eigenvalue weighted by molar-refractivity contribution is 5.98. The second-order valence-electron chi connectivity index (χ2n) is 6.93. The molecule has 3 amide bonds. The molecular formula is C20H22N4O6. The highest BCUT2D eigenvalue weighted by atomic mass is 16.4. The number of carbonyl (C=O) groups excluding carboxylic acids is 4. The van der Waals surface area contributed by atoms with Gasteiger partial charge in [0.2, 0.25) is 11.8 Å². The molecule has 3 unspecified atom stereocenters. The second kappa shape index (κ2) is 10.2. The van der Waals surface area contributed by atoms with E-state index in [0.29, 0.717) is 31.2 Å². The normalized spacial score (nSPS) is 17.3. The van der Waals surface area contributed by atoms with Crippen LogP contribution in [0.1, 0.15) is 42.1 Å². The first-order valence-electron chi connectivity index (χ1n) is 9.35. The highest BCUT2D eigenvalue weighted by Crippen LogP contribution is 2.19. The van der Waals surface area contributed by atoms with Gasteiger partial charge in [-0.1, -0.05) is 6.07 Å². The predicted molar refractivity (Wildman–Crippen MR) is 103 cm³/mol. The average molecular weight is 414 g/mol. The maximum atomic E-state index is 12.8. The number of hydrogen-bond acceptors (Lipinski definition) is 6. The Labute approximate surface area is 172 Å². The summed E-state index contributed by atoms with van der Waals surface area (Å²) in [5, 5.41) is 22.6. The molecule has 1 saturated heterocycles. The van der Waals surface area contributed by atoms with E-state index in [1.807, 2.05) is 6.07 Å². The van der Waals surface area contributed by atoms with E-state index in [1.54, 1.807) is 12.1 Å². The van der Waals surface area contributed by atoms with E-state index >= 15 is 0 Å². The monoisotopic (exact) mass is 414 g/mol. The standard InChI is InChI=1S/C20H22N4O6/c1-12(22-18(28)14-5-2-4-13(8-14)10-21)20(30)24-7-3-6-16(24)19(29)23-15(11-25)9-17(26)27/h2,4-5,8,11-12,15-16H,3,6-7,9H2,1H3,(H,22,28)(H,23,29)(H,26,27). The molecule has 0 spiro atoms. The number of benzene rings is 1. The Morgan fingerprint density at radius 2 is 2.07 bits per heavy atom. The summed E-state index contributed by atoms with van der Waals surface area (Å²) in [6.45, 7) is 1.78. The van der Waals surface area contributed by atoms with Crippen LogP contribution in [0.4, 0.5) is 0 Å². The van der Waals surface area contributed by atoms with Crippen LogP contribution >= 0.6 is 0 Å². The summed E-state index contributed by atoms with van der Waals surface area (Å²) < 4.78 is 0. The number of likely N-dealkylation sites (tertiary alicyclic amines) is 1. The van der Waals surface area contributed by atoms with Crippen molar-refractivity contribution in [3.05, 3.63) is 35.4 Å². The van der Waals surface area contributed by atoms with Crippen molar-refractivity contribution in [3.63, 3.8) is 0 Å². The van der Waals surface area contributed by atoms with Crippen molar-refractivity contribution >= 4 is 30.0 Å². The van der Waals surface area contributed by atoms with E-state index in [1.165, 1.54) is 24.0 Å². The van der Waals surface area contributed by atoms with Crippen molar-refractivity contribution < 1.29 is 29.1 Å². The summed E-state index contributed by atoms with van der Waals surface area (Å²) in [5.74, 6) is -2.85. The number of aldehydes is 1. The number of carboxylic acid groups (broad SMARTS) is 1. The maximum absolute atomic E-state index is 12.8. The first kappa shape index (κ1) is 22.5. The van der Waals surface area contributed by atoms with E-state index < -0.39 is 48.2 Å². The molecule has 0 saturated carbocycles. The van der Waals surface area contributed by atoms with E-state index in [2.05, 4.69) is 10.6 Å². The number of aliphatic carboxylic acids is 1. The van der Waals surface area contributed by atoms with Crippen LogP contribution in [0.15, 0.2) is 24.3 Å². The summed E-state index contributed by atoms with van der Waals surface area (Å²) >= 11 is 0. The lowest BCUT2D eigenvalue weighted by molar-refractivity contribution is -0.141. The molecule has 3 N–H and O–H groups in total. The Kier molecular flexibility index (Phi) is 7.63. The van der Waals surface area contributed by atoms with Gasteiger partial charge in [-0.2, -0.15) is 5.26 Å². The van der Waals surface area contributed by atoms with Gasteiger partial charge >= 0.3 is 5.97 Å². The Morgan fingerprint density at radius 3 is 2.70 bits per heavy atom. The lowest BCUT2D eigenvalue weighted by atomic mass is 10.1. The number of nitrogens with zero attached hydrogens (tertiary/aromatic N) is 2. The van der Waals surface area contributed by atoms with E-state index in [4.69, 9.17) is 10.4 Å². The van der Waals surface area contributed by atoms with Gasteiger partial charge in [0, 0.05) is 12.1 Å². The molecule has 30 heavy (non-hydrogen) atoms. The van der Waals surface area contributed by atoms with E-state index in [-0.39, 0.29) is 5.56 Å². The molecule has 1 aliphatic rings. The number of amides is 3. The van der Waals surface area contributed by atoms with Crippen LogP contribution in [0, 0.1) is 11.3 Å². The molecule has 10 nitrogen and oxygen atoms in total. The summed E-state index contributed by atoms with van der Waals surface area (Å²) in [6.07, 6.45) is 0.704. The molecule has 0 aliphatic carbocycles. The molecule has 2 rings (SSSR count). The van der Waals surface area contributed by atoms with Crippen molar-refractivity contribution in [1.82, 2.24) is 15.5 Å². The maximum Gasteiger partial charge on any atom is 0.305 e. The fraction of sp³-hybridized carbons (Fsp3) is 0.400. The number of carbonyl (C=O) groups is 5. The minimum absolute atomic E-state index is 0.229. The van der Waals surface area contributed by atoms with Crippen molar-refractivity contribution in [3.8, 4) is 6.07 Å². The molecule has 0 bridgehead atoms. The molecule has 1 aliphatic heterocycles. The van der Waals surface area contributed by atoms with Gasteiger partial charge in [0.05, 0.1) is 24.1 Å². The Bertz CT molecular complexity index is 894. The van der Waals surface area contributed by atoms with Crippen LogP contribution in [-0.4, -0.2) is 64.7 Å². The smallest absolute Gasteiger partial charge is 0.305 e. The van der Waals surface area contributed by atoms with Crippen LogP contribution in [0.5, 0.6) is 0 Å². The molecular weight excluding hydrogens is 392 g/mol. The van der Waals surface area contributed by atoms with Gasteiger partial charge in [0.25, 0.3) is 5.91 Å². The van der Waals surface area contributed by atoms with Crippen LogP contribution in [0.3, 0.4) is 0 Å². The zero-order chi connectivity index (χ0) is 22.3. The molecule has 3 atom stereocenters. The van der Waals surface area contributed by atoms with Gasteiger partial charge in [0.15, 0.2) is 0 Å². The Morgan fingerprint density at radius 1 is 1.33 bits per heavy atom. The third kappa shape index (κ3) is 5.64. The van der Waals surface area contributed by atoms with Gasteiger partial charge in [-0.05, 0) is 38.0 Å². The lowest BCUT2D eigenvalue weighted by Crippen LogP contribution is -2.54. The SMILES string of the molecule is CC(NC(=O)c1cccc(C#N)c1)C(=O)N1CCCC1C(=O)NC(C=O)CC(=O)O. The molecule has 0 aromatic heterocycles. The summed E-state index contributed by atoms with van der Waals surface area (Å²) in [4.78, 5) is 60.7. The Balaban J connectivity index is 2.02. The van der Waals surface area contributed by atoms with Crippen molar-refractivity contribution in [2.45, 2.75) is 44.3 Å². The average Bonchev–Trinajstić information content (AvgIpc) is 3.22. The summed E-state index contributed by atoms with van der Waals surface area (Å²) in [7, 11) is 0. The second-order valence-corrected chi connectivity index (χ2v) is 6.93. The lowest BCUT2D eigenvalue weighted by Gasteiger charge is -2.27. The van der Waals surface area contributed by atoms with Crippen LogP contribution in [0.2, 0.25) is 0 Å². The van der Waals surface area contributed by atoms with Crippen LogP contribution in [0.25, 0.3) is 0 Å². The van der Waals surface area contributed by atoms with Gasteiger partial charge < -0.3 is 25.4 Å². The van der Waals surface area contributed by atoms with Crippen molar-refractivity contribution in [2.24, 2.45) is 0 Å². The quantitative estimate of drug-likeness (QED) is 0.498. The molecule has 1 heterocycles. The van der Waals surface area contributed by atoms with E-state index in [9.17, 15) is 24.0 Å². The first-order valence-corrected chi connectivity index (χ1v) is 9.35. The van der Waals surface area contributed by atoms with Crippen molar-refractivity contribution in [2.75, 3.05) is 6.54 Å².